The molecule has 2 aliphatic rings. The van der Waals surface area contributed by atoms with Crippen molar-refractivity contribution < 1.29 is 9.47 Å². The van der Waals surface area contributed by atoms with Crippen LogP contribution in [0.1, 0.15) is 26.7 Å². The van der Waals surface area contributed by atoms with Crippen LogP contribution in [-0.4, -0.2) is 23.7 Å². The number of halogens is 3. The van der Waals surface area contributed by atoms with E-state index in [1.165, 1.54) is 0 Å². The molecule has 0 aromatic rings. The summed E-state index contributed by atoms with van der Waals surface area (Å²) in [5, 5.41) is -0.109. The molecule has 116 valence electrons. The van der Waals surface area contributed by atoms with E-state index in [2.05, 4.69) is 51.4 Å². The summed E-state index contributed by atoms with van der Waals surface area (Å²) in [6.07, 6.45) is 7.35. The first-order valence-corrected chi connectivity index (χ1v) is 9.19. The van der Waals surface area contributed by atoms with Crippen LogP contribution in [0.5, 0.6) is 0 Å². The summed E-state index contributed by atoms with van der Waals surface area (Å²) in [5.74, 6) is 1.35. The van der Waals surface area contributed by atoms with E-state index in [0.29, 0.717) is 12.3 Å². The number of hydrogen-bond acceptors (Lipinski definition) is 2. The van der Waals surface area contributed by atoms with Gasteiger partial charge >= 0.3 is 0 Å². The van der Waals surface area contributed by atoms with Crippen molar-refractivity contribution in [1.29, 1.82) is 0 Å². The lowest BCUT2D eigenvalue weighted by molar-refractivity contribution is -0.0807. The smallest absolute Gasteiger partial charge is 0.127 e. The Morgan fingerprint density at radius 2 is 2.10 bits per heavy atom. The predicted molar refractivity (Wildman–Crippen MR) is 93.9 cm³/mol. The molecule has 2 nitrogen and oxygen atoms in total. The summed E-state index contributed by atoms with van der Waals surface area (Å²) >= 11 is 13.2. The van der Waals surface area contributed by atoms with Crippen molar-refractivity contribution in [3.8, 4) is 0 Å². The molecule has 21 heavy (non-hydrogen) atoms. The van der Waals surface area contributed by atoms with Crippen LogP contribution < -0.4 is 0 Å². The van der Waals surface area contributed by atoms with Crippen LogP contribution in [0.2, 0.25) is 0 Å². The summed E-state index contributed by atoms with van der Waals surface area (Å²) in [6, 6.07) is 0. The Balaban J connectivity index is 2.29. The molecule has 5 heteroatoms. The standard InChI is InChI=1S/C16H19Br2ClO2/c1-10-8-14(18)15-9-12(19)5-6-13(4-3-7-17)20-11(2)16(10)21-15/h4-7,10-13,16H,8-9H2,1-2H3/t3?,10-,11-,12-,13?,16-/m0/s1. The molecule has 0 spiro atoms. The second-order valence-electron chi connectivity index (χ2n) is 5.45. The molecule has 0 aromatic heterocycles. The second-order valence-corrected chi connectivity index (χ2v) is 7.42. The normalized spacial score (nSPS) is 36.5. The largest absolute Gasteiger partial charge is 0.491 e. The van der Waals surface area contributed by atoms with Crippen LogP contribution >= 0.6 is 43.5 Å². The average molecular weight is 439 g/mol. The highest BCUT2D eigenvalue weighted by atomic mass is 79.9. The number of alkyl halides is 1. The first-order valence-electron chi connectivity index (χ1n) is 7.04. The molecule has 0 fully saturated rings. The van der Waals surface area contributed by atoms with Gasteiger partial charge in [-0.25, -0.2) is 0 Å². The molecule has 0 radical (unpaired) electrons. The third kappa shape index (κ3) is 4.74. The van der Waals surface area contributed by atoms with Gasteiger partial charge in [-0.05, 0) is 19.4 Å². The highest BCUT2D eigenvalue weighted by Crippen LogP contribution is 2.37. The van der Waals surface area contributed by atoms with Gasteiger partial charge in [0, 0.05) is 21.8 Å². The van der Waals surface area contributed by atoms with Gasteiger partial charge in [0.2, 0.25) is 0 Å². The molecule has 0 amide bonds. The van der Waals surface area contributed by atoms with E-state index < -0.39 is 0 Å². The topological polar surface area (TPSA) is 18.5 Å². The first kappa shape index (κ1) is 17.4. The fourth-order valence-corrected chi connectivity index (χ4v) is 3.79. The third-order valence-corrected chi connectivity index (χ3v) is 5.02. The summed E-state index contributed by atoms with van der Waals surface area (Å²) in [4.78, 5) is 1.68. The van der Waals surface area contributed by atoms with Crippen LogP contribution in [0.15, 0.2) is 39.2 Å². The summed E-state index contributed by atoms with van der Waals surface area (Å²) in [6.45, 7) is 4.25. The monoisotopic (exact) mass is 436 g/mol. The molecule has 2 rings (SSSR count). The van der Waals surface area contributed by atoms with Gasteiger partial charge in [-0.1, -0.05) is 50.9 Å². The van der Waals surface area contributed by atoms with Gasteiger partial charge in [0.05, 0.1) is 11.5 Å². The SMILES string of the molecule is C[C@@H]1OC(C=C=CBr)C=C[C@H](Cl)CC2=C(Br)C[C@H](C)[C@@H]1O2. The summed E-state index contributed by atoms with van der Waals surface area (Å²) in [5.41, 5.74) is 3.00. The van der Waals surface area contributed by atoms with Crippen LogP contribution in [0.4, 0.5) is 0 Å². The van der Waals surface area contributed by atoms with Gasteiger partial charge in [-0.3, -0.25) is 0 Å². The average Bonchev–Trinajstić information content (AvgIpc) is 2.44. The van der Waals surface area contributed by atoms with Crippen molar-refractivity contribution in [3.63, 3.8) is 0 Å². The van der Waals surface area contributed by atoms with Crippen LogP contribution in [0, 0.1) is 5.92 Å². The van der Waals surface area contributed by atoms with E-state index in [1.54, 1.807) is 4.99 Å². The van der Waals surface area contributed by atoms with E-state index in [0.717, 1.165) is 16.7 Å². The van der Waals surface area contributed by atoms with Crippen molar-refractivity contribution in [2.45, 2.75) is 50.4 Å². The Morgan fingerprint density at radius 1 is 1.33 bits per heavy atom. The molecule has 0 aromatic carbocycles. The lowest BCUT2D eigenvalue weighted by atomic mass is 9.93. The molecule has 2 heterocycles. The number of allylic oxidation sites excluding steroid dienone is 3. The maximum Gasteiger partial charge on any atom is 0.127 e. The van der Waals surface area contributed by atoms with E-state index in [9.17, 15) is 0 Å². The minimum atomic E-state index is -0.151. The van der Waals surface area contributed by atoms with E-state index in [1.807, 2.05) is 18.2 Å². The molecule has 0 saturated heterocycles. The minimum absolute atomic E-state index is 0.00880. The fourth-order valence-electron chi connectivity index (χ4n) is 2.65. The summed E-state index contributed by atoms with van der Waals surface area (Å²) < 4.78 is 13.4. The molecule has 0 aliphatic carbocycles. The van der Waals surface area contributed by atoms with E-state index in [4.69, 9.17) is 21.1 Å². The van der Waals surface area contributed by atoms with Crippen LogP contribution in [0.25, 0.3) is 0 Å². The second kappa shape index (κ2) is 8.03. The molecule has 2 aliphatic heterocycles. The molecule has 0 saturated carbocycles. The first-order chi connectivity index (χ1) is 10.0. The zero-order chi connectivity index (χ0) is 15.4. The Labute approximate surface area is 148 Å². The lowest BCUT2D eigenvalue weighted by Crippen LogP contribution is -2.39. The van der Waals surface area contributed by atoms with Crippen molar-refractivity contribution in [2.75, 3.05) is 0 Å². The minimum Gasteiger partial charge on any atom is -0.491 e. The molecule has 0 N–H and O–H groups in total. The molecule has 2 bridgehead atoms. The van der Waals surface area contributed by atoms with Gasteiger partial charge in [0.25, 0.3) is 0 Å². The van der Waals surface area contributed by atoms with Gasteiger partial charge in [-0.15, -0.1) is 17.3 Å². The highest BCUT2D eigenvalue weighted by Gasteiger charge is 2.34. The molecular weight excluding hydrogens is 419 g/mol. The summed E-state index contributed by atoms with van der Waals surface area (Å²) in [7, 11) is 0. The Morgan fingerprint density at radius 3 is 2.81 bits per heavy atom. The van der Waals surface area contributed by atoms with Crippen molar-refractivity contribution in [3.05, 3.63) is 39.2 Å². The molecule has 5 atom stereocenters. The Kier molecular flexibility index (Phi) is 6.64. The van der Waals surface area contributed by atoms with Gasteiger partial charge in [0.15, 0.2) is 0 Å². The number of hydrogen-bond donors (Lipinski definition) is 0. The van der Waals surface area contributed by atoms with Gasteiger partial charge in [-0.2, -0.15) is 0 Å². The number of rotatable bonds is 1. The van der Waals surface area contributed by atoms with Crippen molar-refractivity contribution >= 4 is 43.5 Å². The number of fused-ring (bicyclic) bond motifs is 2. The van der Waals surface area contributed by atoms with Gasteiger partial charge < -0.3 is 9.47 Å². The third-order valence-electron chi connectivity index (χ3n) is 3.69. The van der Waals surface area contributed by atoms with Gasteiger partial charge in [0.1, 0.15) is 18.0 Å². The predicted octanol–water partition coefficient (Wildman–Crippen LogP) is 5.42. The Hall–Kier alpha value is 0.01000. The van der Waals surface area contributed by atoms with E-state index in [-0.39, 0.29) is 23.7 Å². The Bertz CT molecular complexity index is 495. The maximum absolute atomic E-state index is 6.37. The molecular formula is C16H19Br2ClO2. The number of ether oxygens (including phenoxy) is 2. The van der Waals surface area contributed by atoms with Crippen molar-refractivity contribution in [2.24, 2.45) is 5.92 Å². The van der Waals surface area contributed by atoms with Crippen molar-refractivity contribution in [1.82, 2.24) is 0 Å². The van der Waals surface area contributed by atoms with Crippen LogP contribution in [0.3, 0.4) is 0 Å². The van der Waals surface area contributed by atoms with E-state index >= 15 is 0 Å². The van der Waals surface area contributed by atoms with Crippen LogP contribution in [-0.2, 0) is 9.47 Å². The quantitative estimate of drug-likeness (QED) is 0.309. The maximum atomic E-state index is 6.37. The zero-order valence-electron chi connectivity index (χ0n) is 12.1. The fraction of sp³-hybridized carbons (Fsp3) is 0.562. The molecule has 1 unspecified atom stereocenters. The zero-order valence-corrected chi connectivity index (χ0v) is 16.0. The lowest BCUT2D eigenvalue weighted by Gasteiger charge is -2.37. The highest BCUT2D eigenvalue weighted by molar-refractivity contribution is 9.11.